The molecule has 0 radical (unpaired) electrons. The molecule has 1 amide bonds. The molecule has 0 saturated heterocycles. The number of carbonyl (C=O) groups excluding carboxylic acids is 1. The molecule has 0 heterocycles. The number of carbonyl (C=O) groups is 1. The first-order valence-corrected chi connectivity index (χ1v) is 10.9. The van der Waals surface area contributed by atoms with Gasteiger partial charge in [-0.3, -0.25) is 4.79 Å². The van der Waals surface area contributed by atoms with E-state index in [2.05, 4.69) is 11.4 Å². The number of anilines is 1. The van der Waals surface area contributed by atoms with Crippen molar-refractivity contribution in [1.29, 1.82) is 0 Å². The third-order valence-corrected chi connectivity index (χ3v) is 8.03. The van der Waals surface area contributed by atoms with Crippen LogP contribution in [-0.2, 0) is 40.3 Å². The molecule has 5 heteroatoms. The van der Waals surface area contributed by atoms with Crippen LogP contribution in [-0.4, -0.2) is 25.3 Å². The fourth-order valence-corrected chi connectivity index (χ4v) is 6.42. The van der Waals surface area contributed by atoms with Crippen molar-refractivity contribution in [3.63, 3.8) is 0 Å². The second-order valence-corrected chi connectivity index (χ2v) is 9.78. The first-order valence-electron chi connectivity index (χ1n) is 9.22. The zero-order valence-corrected chi connectivity index (χ0v) is 14.9. The van der Waals surface area contributed by atoms with E-state index in [0.29, 0.717) is 12.8 Å². The summed E-state index contributed by atoms with van der Waals surface area (Å²) in [4.78, 5) is 12.5. The van der Waals surface area contributed by atoms with Gasteiger partial charge < -0.3 is 5.32 Å². The normalized spacial score (nSPS) is 20.2. The number of hydrogen-bond acceptors (Lipinski definition) is 3. The Morgan fingerprint density at radius 3 is 2.12 bits per heavy atom. The number of fused-ring (bicyclic) bond motifs is 2. The van der Waals surface area contributed by atoms with Crippen molar-refractivity contribution in [2.24, 2.45) is 0 Å². The average Bonchev–Trinajstić information content (AvgIpc) is 3.27. The largest absolute Gasteiger partial charge is 0.325 e. The Balaban J connectivity index is 1.56. The van der Waals surface area contributed by atoms with Crippen molar-refractivity contribution in [2.45, 2.75) is 69.5 Å². The predicted molar refractivity (Wildman–Crippen MR) is 95.2 cm³/mol. The molecule has 0 aliphatic heterocycles. The maximum Gasteiger partial charge on any atom is 0.239 e. The van der Waals surface area contributed by atoms with Crippen LogP contribution in [0.4, 0.5) is 5.69 Å². The SMILES string of the molecule is O=C(CS(=O)(=O)C1CCCC1)Nc1c2c(cc3c1CCC3)CCC2. The van der Waals surface area contributed by atoms with Crippen LogP contribution in [0.25, 0.3) is 0 Å². The van der Waals surface area contributed by atoms with Gasteiger partial charge in [0.2, 0.25) is 5.91 Å². The molecule has 130 valence electrons. The number of hydrogen-bond donors (Lipinski definition) is 1. The van der Waals surface area contributed by atoms with Gasteiger partial charge in [-0.15, -0.1) is 0 Å². The average molecular weight is 347 g/mol. The Bertz CT molecular complexity index is 744. The van der Waals surface area contributed by atoms with Crippen LogP contribution in [0.1, 0.15) is 60.8 Å². The van der Waals surface area contributed by atoms with Gasteiger partial charge in [0.05, 0.1) is 5.25 Å². The molecule has 0 unspecified atom stereocenters. The molecular formula is C19H25NO3S. The Labute approximate surface area is 143 Å². The summed E-state index contributed by atoms with van der Waals surface area (Å²) in [5.74, 6) is -0.716. The van der Waals surface area contributed by atoms with Gasteiger partial charge in [0, 0.05) is 5.69 Å². The molecule has 1 fully saturated rings. The number of amides is 1. The smallest absolute Gasteiger partial charge is 0.239 e. The highest BCUT2D eigenvalue weighted by Gasteiger charge is 2.32. The molecule has 3 aliphatic rings. The minimum absolute atomic E-state index is 0.310. The van der Waals surface area contributed by atoms with Gasteiger partial charge in [-0.05, 0) is 73.6 Å². The summed E-state index contributed by atoms with van der Waals surface area (Å²) < 4.78 is 24.9. The second kappa shape index (κ2) is 6.17. The van der Waals surface area contributed by atoms with Crippen LogP contribution in [0.5, 0.6) is 0 Å². The number of benzene rings is 1. The summed E-state index contributed by atoms with van der Waals surface area (Å²) in [7, 11) is -3.32. The highest BCUT2D eigenvalue weighted by atomic mass is 32.2. The summed E-state index contributed by atoms with van der Waals surface area (Å²) >= 11 is 0. The second-order valence-electron chi connectivity index (χ2n) is 7.50. The molecule has 4 rings (SSSR count). The molecule has 1 aromatic carbocycles. The maximum atomic E-state index is 12.5. The number of rotatable bonds is 4. The summed E-state index contributed by atoms with van der Waals surface area (Å²) in [5.41, 5.74) is 6.16. The van der Waals surface area contributed by atoms with Crippen LogP contribution in [0.15, 0.2) is 6.07 Å². The summed E-state index contributed by atoms with van der Waals surface area (Å²) in [6.45, 7) is 0. The molecule has 0 spiro atoms. The van der Waals surface area contributed by atoms with Gasteiger partial charge in [0.15, 0.2) is 9.84 Å². The molecule has 4 nitrogen and oxygen atoms in total. The highest BCUT2D eigenvalue weighted by molar-refractivity contribution is 7.92. The van der Waals surface area contributed by atoms with Crippen LogP contribution >= 0.6 is 0 Å². The van der Waals surface area contributed by atoms with Crippen molar-refractivity contribution in [3.8, 4) is 0 Å². The zero-order chi connectivity index (χ0) is 16.7. The Hall–Kier alpha value is -1.36. The molecular weight excluding hydrogens is 322 g/mol. The lowest BCUT2D eigenvalue weighted by Gasteiger charge is -2.17. The van der Waals surface area contributed by atoms with Crippen molar-refractivity contribution in [2.75, 3.05) is 11.1 Å². The lowest BCUT2D eigenvalue weighted by atomic mass is 9.98. The van der Waals surface area contributed by atoms with Crippen molar-refractivity contribution in [1.82, 2.24) is 0 Å². The monoisotopic (exact) mass is 347 g/mol. The van der Waals surface area contributed by atoms with Crippen molar-refractivity contribution >= 4 is 21.4 Å². The zero-order valence-electron chi connectivity index (χ0n) is 14.1. The highest BCUT2D eigenvalue weighted by Crippen LogP contribution is 2.38. The third kappa shape index (κ3) is 2.87. The van der Waals surface area contributed by atoms with E-state index in [4.69, 9.17) is 0 Å². The predicted octanol–water partition coefficient (Wildman–Crippen LogP) is 2.96. The molecule has 0 atom stereocenters. The first-order chi connectivity index (χ1) is 11.5. The minimum atomic E-state index is -3.32. The van der Waals surface area contributed by atoms with Gasteiger partial charge in [0.1, 0.15) is 5.75 Å². The van der Waals surface area contributed by atoms with E-state index in [1.54, 1.807) is 0 Å². The van der Waals surface area contributed by atoms with E-state index < -0.39 is 9.84 Å². The topological polar surface area (TPSA) is 63.2 Å². The van der Waals surface area contributed by atoms with E-state index in [1.807, 2.05) is 0 Å². The van der Waals surface area contributed by atoms with Gasteiger partial charge in [-0.1, -0.05) is 18.9 Å². The molecule has 1 aromatic rings. The van der Waals surface area contributed by atoms with E-state index in [9.17, 15) is 13.2 Å². The third-order valence-electron chi connectivity index (χ3n) is 5.88. The van der Waals surface area contributed by atoms with Crippen LogP contribution in [0.3, 0.4) is 0 Å². The molecule has 0 bridgehead atoms. The fraction of sp³-hybridized carbons (Fsp3) is 0.632. The van der Waals surface area contributed by atoms with E-state index >= 15 is 0 Å². The number of sulfone groups is 1. The molecule has 0 aromatic heterocycles. The molecule has 3 aliphatic carbocycles. The lowest BCUT2D eigenvalue weighted by Crippen LogP contribution is -2.30. The van der Waals surface area contributed by atoms with E-state index in [1.165, 1.54) is 22.3 Å². The van der Waals surface area contributed by atoms with Crippen LogP contribution in [0, 0.1) is 0 Å². The van der Waals surface area contributed by atoms with Crippen LogP contribution < -0.4 is 5.32 Å². The quantitative estimate of drug-likeness (QED) is 0.911. The molecule has 1 saturated carbocycles. The van der Waals surface area contributed by atoms with Gasteiger partial charge in [0.25, 0.3) is 0 Å². The molecule has 1 N–H and O–H groups in total. The fourth-order valence-electron chi connectivity index (χ4n) is 4.69. The summed E-state index contributed by atoms with van der Waals surface area (Å²) in [6.07, 6.45) is 9.75. The van der Waals surface area contributed by atoms with E-state index in [0.717, 1.165) is 57.1 Å². The molecule has 24 heavy (non-hydrogen) atoms. The van der Waals surface area contributed by atoms with Crippen molar-refractivity contribution < 1.29 is 13.2 Å². The lowest BCUT2D eigenvalue weighted by molar-refractivity contribution is -0.113. The number of aryl methyl sites for hydroxylation is 2. The standard InChI is InChI=1S/C19H25NO3S/c21-18(12-24(22,23)15-7-1-2-8-15)20-19-16-9-3-5-13(16)11-14-6-4-10-17(14)19/h11,15H,1-10,12H2,(H,20,21). The van der Waals surface area contributed by atoms with Crippen LogP contribution in [0.2, 0.25) is 0 Å². The maximum absolute atomic E-state index is 12.5. The van der Waals surface area contributed by atoms with E-state index in [-0.39, 0.29) is 16.9 Å². The number of nitrogens with one attached hydrogen (secondary N) is 1. The Morgan fingerprint density at radius 2 is 1.54 bits per heavy atom. The summed E-state index contributed by atoms with van der Waals surface area (Å²) in [5, 5.41) is 2.69. The van der Waals surface area contributed by atoms with Crippen molar-refractivity contribution in [3.05, 3.63) is 28.3 Å². The van der Waals surface area contributed by atoms with Gasteiger partial charge in [-0.25, -0.2) is 8.42 Å². The Kier molecular flexibility index (Phi) is 4.15. The summed E-state index contributed by atoms with van der Waals surface area (Å²) in [6, 6.07) is 2.32. The van der Waals surface area contributed by atoms with Gasteiger partial charge in [-0.2, -0.15) is 0 Å². The minimum Gasteiger partial charge on any atom is -0.325 e. The van der Waals surface area contributed by atoms with Gasteiger partial charge >= 0.3 is 0 Å². The Morgan fingerprint density at radius 1 is 0.958 bits per heavy atom. The first kappa shape index (κ1) is 16.1.